The average Bonchev–Trinajstić information content (AvgIpc) is 3.18. The molecule has 28 heavy (non-hydrogen) atoms. The summed E-state index contributed by atoms with van der Waals surface area (Å²) in [6.07, 6.45) is 4.26. The minimum absolute atomic E-state index is 0.0668. The molecule has 0 aliphatic rings. The summed E-state index contributed by atoms with van der Waals surface area (Å²) in [6, 6.07) is 20.2. The van der Waals surface area contributed by atoms with E-state index in [9.17, 15) is 0 Å². The van der Waals surface area contributed by atoms with Crippen LogP contribution in [0.5, 0.6) is 0 Å². The number of aliphatic hydroxyl groups excluding tert-OH is 1. The van der Waals surface area contributed by atoms with Gasteiger partial charge in [-0.2, -0.15) is 0 Å². The van der Waals surface area contributed by atoms with E-state index in [2.05, 4.69) is 32.4 Å². The molecule has 2 heterocycles. The monoisotopic (exact) mass is 371 g/mol. The Bertz CT molecular complexity index is 1060. The molecule has 0 unspecified atom stereocenters. The molecule has 6 heteroatoms. The number of aryl methyl sites for hydroxylation is 1. The Morgan fingerprint density at radius 1 is 0.964 bits per heavy atom. The van der Waals surface area contributed by atoms with Crippen LogP contribution >= 0.6 is 0 Å². The lowest BCUT2D eigenvalue weighted by atomic mass is 10.1. The molecule has 2 aromatic heterocycles. The fourth-order valence-electron chi connectivity index (χ4n) is 3.02. The van der Waals surface area contributed by atoms with E-state index < -0.39 is 0 Å². The number of aliphatic hydroxyl groups is 1. The van der Waals surface area contributed by atoms with Gasteiger partial charge in [-0.15, -0.1) is 0 Å². The van der Waals surface area contributed by atoms with Gasteiger partial charge < -0.3 is 15.0 Å². The normalized spacial score (nSPS) is 10.8. The molecule has 0 bridgehead atoms. The maximum absolute atomic E-state index is 9.14. The molecular formula is C22H21N5O. The molecule has 0 fully saturated rings. The van der Waals surface area contributed by atoms with Gasteiger partial charge in [0.1, 0.15) is 0 Å². The predicted octanol–water partition coefficient (Wildman–Crippen LogP) is 3.80. The Morgan fingerprint density at radius 3 is 2.46 bits per heavy atom. The predicted molar refractivity (Wildman–Crippen MR) is 109 cm³/mol. The van der Waals surface area contributed by atoms with Crippen molar-refractivity contribution in [3.63, 3.8) is 0 Å². The summed E-state index contributed by atoms with van der Waals surface area (Å²) < 4.78 is 1.87. The number of anilines is 2. The fraction of sp³-hybridized carbons (Fsp3) is 0.136. The van der Waals surface area contributed by atoms with Crippen molar-refractivity contribution in [1.29, 1.82) is 0 Å². The van der Waals surface area contributed by atoms with Gasteiger partial charge in [0.25, 0.3) is 0 Å². The number of nitrogens with zero attached hydrogens (tertiary/aromatic N) is 4. The quantitative estimate of drug-likeness (QED) is 0.539. The van der Waals surface area contributed by atoms with E-state index >= 15 is 0 Å². The van der Waals surface area contributed by atoms with Gasteiger partial charge in [-0.25, -0.2) is 15.0 Å². The van der Waals surface area contributed by atoms with E-state index in [0.29, 0.717) is 11.6 Å². The highest BCUT2D eigenvalue weighted by molar-refractivity contribution is 5.56. The first-order chi connectivity index (χ1) is 13.7. The first-order valence-electron chi connectivity index (χ1n) is 9.09. The second kappa shape index (κ2) is 8.02. The van der Waals surface area contributed by atoms with E-state index in [1.54, 1.807) is 6.33 Å². The lowest BCUT2D eigenvalue weighted by molar-refractivity contribution is 0.277. The van der Waals surface area contributed by atoms with Gasteiger partial charge in [0.05, 0.1) is 24.3 Å². The Morgan fingerprint density at radius 2 is 1.75 bits per heavy atom. The molecule has 0 radical (unpaired) electrons. The van der Waals surface area contributed by atoms with Gasteiger partial charge in [-0.1, -0.05) is 30.3 Å². The third-order valence-corrected chi connectivity index (χ3v) is 4.35. The van der Waals surface area contributed by atoms with Crippen LogP contribution in [0.2, 0.25) is 0 Å². The second-order valence-corrected chi connectivity index (χ2v) is 6.59. The molecule has 0 spiro atoms. The van der Waals surface area contributed by atoms with Crippen LogP contribution in [-0.2, 0) is 13.0 Å². The maximum Gasteiger partial charge on any atom is 0.227 e. The summed E-state index contributed by atoms with van der Waals surface area (Å²) in [7, 11) is 0. The summed E-state index contributed by atoms with van der Waals surface area (Å²) in [5.74, 6) is 0.587. The van der Waals surface area contributed by atoms with Crippen LogP contribution in [0.3, 0.4) is 0 Å². The largest absolute Gasteiger partial charge is 0.390 e. The third-order valence-electron chi connectivity index (χ3n) is 4.35. The number of hydrogen-bond donors (Lipinski definition) is 2. The summed E-state index contributed by atoms with van der Waals surface area (Å²) >= 11 is 0. The highest BCUT2D eigenvalue weighted by atomic mass is 16.3. The number of imidazole rings is 1. The summed E-state index contributed by atoms with van der Waals surface area (Å²) in [5, 5.41) is 12.4. The first-order valence-corrected chi connectivity index (χ1v) is 9.09. The van der Waals surface area contributed by atoms with Gasteiger partial charge >= 0.3 is 0 Å². The summed E-state index contributed by atoms with van der Waals surface area (Å²) in [5.41, 5.74) is 5.64. The SMILES string of the molecule is Cc1cc(Cc2ccccc2)nc(Nc2ccc(-n3cnc(CO)c3)cc2)n1. The molecule has 140 valence electrons. The van der Waals surface area contributed by atoms with E-state index in [-0.39, 0.29) is 6.61 Å². The van der Waals surface area contributed by atoms with Crippen molar-refractivity contribution in [3.05, 3.63) is 95.8 Å². The maximum atomic E-state index is 9.14. The molecular weight excluding hydrogens is 350 g/mol. The molecule has 0 saturated heterocycles. The molecule has 0 saturated carbocycles. The molecule has 0 amide bonds. The van der Waals surface area contributed by atoms with Crippen LogP contribution in [0.15, 0.2) is 73.2 Å². The number of aromatic nitrogens is 4. The van der Waals surface area contributed by atoms with Crippen LogP contribution < -0.4 is 5.32 Å². The van der Waals surface area contributed by atoms with Crippen LogP contribution in [0.4, 0.5) is 11.6 Å². The van der Waals surface area contributed by atoms with Crippen molar-refractivity contribution in [2.45, 2.75) is 20.0 Å². The second-order valence-electron chi connectivity index (χ2n) is 6.59. The molecule has 0 aliphatic heterocycles. The standard InChI is InChI=1S/C22H21N5O/c1-16-11-19(12-17-5-3-2-4-6-17)26-22(24-16)25-18-7-9-21(10-8-18)27-13-20(14-28)23-15-27/h2-11,13,15,28H,12,14H2,1H3,(H,24,25,26). The lowest BCUT2D eigenvalue weighted by Gasteiger charge is -2.09. The van der Waals surface area contributed by atoms with Crippen molar-refractivity contribution in [2.75, 3.05) is 5.32 Å². The summed E-state index contributed by atoms with van der Waals surface area (Å²) in [6.45, 7) is 1.91. The third kappa shape index (κ3) is 4.24. The van der Waals surface area contributed by atoms with Crippen molar-refractivity contribution in [1.82, 2.24) is 19.5 Å². The zero-order valence-electron chi connectivity index (χ0n) is 15.6. The molecule has 4 aromatic rings. The number of rotatable bonds is 6. The first kappa shape index (κ1) is 17.9. The van der Waals surface area contributed by atoms with Crippen LogP contribution in [0, 0.1) is 6.92 Å². The van der Waals surface area contributed by atoms with Crippen LogP contribution in [-0.4, -0.2) is 24.6 Å². The van der Waals surface area contributed by atoms with Crippen LogP contribution in [0.25, 0.3) is 5.69 Å². The topological polar surface area (TPSA) is 75.9 Å². The Balaban J connectivity index is 1.50. The highest BCUT2D eigenvalue weighted by Gasteiger charge is 2.05. The van der Waals surface area contributed by atoms with Crippen molar-refractivity contribution in [2.24, 2.45) is 0 Å². The van der Waals surface area contributed by atoms with Gasteiger partial charge in [0.15, 0.2) is 0 Å². The molecule has 0 aliphatic carbocycles. The van der Waals surface area contributed by atoms with Gasteiger partial charge in [-0.3, -0.25) is 0 Å². The summed E-state index contributed by atoms with van der Waals surface area (Å²) in [4.78, 5) is 13.3. The minimum Gasteiger partial charge on any atom is -0.390 e. The number of hydrogen-bond acceptors (Lipinski definition) is 5. The smallest absolute Gasteiger partial charge is 0.227 e. The lowest BCUT2D eigenvalue weighted by Crippen LogP contribution is -2.03. The molecule has 6 nitrogen and oxygen atoms in total. The van der Waals surface area contributed by atoms with Crippen LogP contribution in [0.1, 0.15) is 22.6 Å². The highest BCUT2D eigenvalue weighted by Crippen LogP contribution is 2.18. The van der Waals surface area contributed by atoms with Gasteiger partial charge in [-0.05, 0) is 42.8 Å². The van der Waals surface area contributed by atoms with Crippen molar-refractivity contribution >= 4 is 11.6 Å². The molecule has 2 N–H and O–H groups in total. The molecule has 0 atom stereocenters. The zero-order chi connectivity index (χ0) is 19.3. The number of nitrogens with one attached hydrogen (secondary N) is 1. The molecule has 4 rings (SSSR count). The van der Waals surface area contributed by atoms with Crippen molar-refractivity contribution in [3.8, 4) is 5.69 Å². The zero-order valence-corrected chi connectivity index (χ0v) is 15.6. The van der Waals surface area contributed by atoms with E-state index in [1.165, 1.54) is 5.56 Å². The van der Waals surface area contributed by atoms with E-state index in [1.807, 2.05) is 66.2 Å². The van der Waals surface area contributed by atoms with Gasteiger partial charge in [0.2, 0.25) is 5.95 Å². The molecule has 2 aromatic carbocycles. The number of benzene rings is 2. The van der Waals surface area contributed by atoms with Crippen molar-refractivity contribution < 1.29 is 5.11 Å². The van der Waals surface area contributed by atoms with Gasteiger partial charge in [0, 0.05) is 29.7 Å². The average molecular weight is 371 g/mol. The fourth-order valence-corrected chi connectivity index (χ4v) is 3.02. The Kier molecular flexibility index (Phi) is 5.12. The van der Waals surface area contributed by atoms with E-state index in [4.69, 9.17) is 5.11 Å². The Hall–Kier alpha value is -3.51. The Labute approximate surface area is 163 Å². The minimum atomic E-state index is -0.0668. The van der Waals surface area contributed by atoms with E-state index in [0.717, 1.165) is 29.2 Å².